The smallest absolute Gasteiger partial charge is 0.253 e. The molecule has 2 unspecified atom stereocenters. The second-order valence-electron chi connectivity index (χ2n) is 8.01. The van der Waals surface area contributed by atoms with Gasteiger partial charge in [-0.3, -0.25) is 14.5 Å². The third-order valence-electron chi connectivity index (χ3n) is 5.76. The largest absolute Gasteiger partial charge is 0.352 e. The predicted octanol–water partition coefficient (Wildman–Crippen LogP) is 1.60. The SMILES string of the molecule is CC1CCCC(NC(=O)CN2CCN(C(=O)c3ccc(CN)cc3)CC2)C1. The first-order chi connectivity index (χ1) is 13.0. The zero-order valence-corrected chi connectivity index (χ0v) is 16.3. The number of nitrogens with two attached hydrogens (primary N) is 1. The Morgan fingerprint density at radius 3 is 2.44 bits per heavy atom. The van der Waals surface area contributed by atoms with E-state index in [1.54, 1.807) is 0 Å². The second-order valence-corrected chi connectivity index (χ2v) is 8.01. The molecule has 2 fully saturated rings. The van der Waals surface area contributed by atoms with Crippen molar-refractivity contribution in [1.29, 1.82) is 0 Å². The van der Waals surface area contributed by atoms with E-state index < -0.39 is 0 Å². The topological polar surface area (TPSA) is 78.7 Å². The van der Waals surface area contributed by atoms with E-state index in [0.29, 0.717) is 43.7 Å². The van der Waals surface area contributed by atoms with Gasteiger partial charge in [-0.15, -0.1) is 0 Å². The van der Waals surface area contributed by atoms with Crippen molar-refractivity contribution in [3.63, 3.8) is 0 Å². The van der Waals surface area contributed by atoms with Crippen molar-refractivity contribution in [2.24, 2.45) is 11.7 Å². The maximum absolute atomic E-state index is 12.6. The summed E-state index contributed by atoms with van der Waals surface area (Å²) >= 11 is 0. The van der Waals surface area contributed by atoms with Gasteiger partial charge in [0.05, 0.1) is 6.54 Å². The lowest BCUT2D eigenvalue weighted by Crippen LogP contribution is -2.52. The van der Waals surface area contributed by atoms with Crippen LogP contribution in [0.4, 0.5) is 0 Å². The summed E-state index contributed by atoms with van der Waals surface area (Å²) in [5.74, 6) is 0.877. The van der Waals surface area contributed by atoms with E-state index in [4.69, 9.17) is 5.73 Å². The van der Waals surface area contributed by atoms with Crippen molar-refractivity contribution in [3.05, 3.63) is 35.4 Å². The molecule has 1 saturated heterocycles. The number of hydrogen-bond acceptors (Lipinski definition) is 4. The first kappa shape index (κ1) is 19.8. The number of carbonyl (C=O) groups excluding carboxylic acids is 2. The number of hydrogen-bond donors (Lipinski definition) is 2. The van der Waals surface area contributed by atoms with Crippen LogP contribution in [0.5, 0.6) is 0 Å². The molecule has 3 rings (SSSR count). The molecule has 0 spiro atoms. The molecule has 0 bridgehead atoms. The molecule has 6 nitrogen and oxygen atoms in total. The highest BCUT2D eigenvalue weighted by atomic mass is 16.2. The van der Waals surface area contributed by atoms with Gasteiger partial charge in [0.15, 0.2) is 0 Å². The summed E-state index contributed by atoms with van der Waals surface area (Å²) in [6.07, 6.45) is 4.68. The Morgan fingerprint density at radius 1 is 1.11 bits per heavy atom. The molecule has 1 aliphatic carbocycles. The zero-order valence-electron chi connectivity index (χ0n) is 16.3. The number of amides is 2. The maximum atomic E-state index is 12.6. The van der Waals surface area contributed by atoms with E-state index in [9.17, 15) is 9.59 Å². The molecule has 148 valence electrons. The van der Waals surface area contributed by atoms with Crippen LogP contribution in [0.25, 0.3) is 0 Å². The fourth-order valence-electron chi connectivity index (χ4n) is 4.12. The third kappa shape index (κ3) is 5.53. The quantitative estimate of drug-likeness (QED) is 0.823. The molecule has 1 aromatic carbocycles. The predicted molar refractivity (Wildman–Crippen MR) is 106 cm³/mol. The van der Waals surface area contributed by atoms with Crippen LogP contribution < -0.4 is 11.1 Å². The lowest BCUT2D eigenvalue weighted by Gasteiger charge is -2.35. The van der Waals surface area contributed by atoms with Crippen LogP contribution in [-0.2, 0) is 11.3 Å². The summed E-state index contributed by atoms with van der Waals surface area (Å²) in [7, 11) is 0. The Hall–Kier alpha value is -1.92. The van der Waals surface area contributed by atoms with Gasteiger partial charge in [0, 0.05) is 44.3 Å². The van der Waals surface area contributed by atoms with Gasteiger partial charge in [-0.1, -0.05) is 31.9 Å². The minimum atomic E-state index is 0.0545. The standard InChI is InChI=1S/C21H32N4O2/c1-16-3-2-4-19(13-16)23-20(26)15-24-9-11-25(12-10-24)21(27)18-7-5-17(14-22)6-8-18/h5-8,16,19H,2-4,9-15,22H2,1H3,(H,23,26). The van der Waals surface area contributed by atoms with Gasteiger partial charge in [0.25, 0.3) is 5.91 Å². The Balaban J connectivity index is 1.42. The molecule has 0 aromatic heterocycles. The second kappa shape index (κ2) is 9.33. The Kier molecular flexibility index (Phi) is 6.85. The fourth-order valence-corrected chi connectivity index (χ4v) is 4.12. The Bertz CT molecular complexity index is 638. The van der Waals surface area contributed by atoms with Crippen molar-refractivity contribution < 1.29 is 9.59 Å². The van der Waals surface area contributed by atoms with Crippen molar-refractivity contribution in [3.8, 4) is 0 Å². The average Bonchev–Trinajstić information content (AvgIpc) is 2.68. The molecule has 2 amide bonds. The number of benzene rings is 1. The number of piperazine rings is 1. The van der Waals surface area contributed by atoms with Crippen LogP contribution in [0, 0.1) is 5.92 Å². The van der Waals surface area contributed by atoms with E-state index in [-0.39, 0.29) is 11.8 Å². The first-order valence-corrected chi connectivity index (χ1v) is 10.1. The van der Waals surface area contributed by atoms with Crippen molar-refractivity contribution in [2.45, 2.75) is 45.2 Å². The summed E-state index contributed by atoms with van der Waals surface area (Å²) in [6, 6.07) is 7.82. The average molecular weight is 373 g/mol. The van der Waals surface area contributed by atoms with Gasteiger partial charge in [0.1, 0.15) is 0 Å². The molecule has 1 saturated carbocycles. The highest BCUT2D eigenvalue weighted by molar-refractivity contribution is 5.94. The summed E-state index contributed by atoms with van der Waals surface area (Å²) in [6.45, 7) is 5.96. The minimum Gasteiger partial charge on any atom is -0.352 e. The van der Waals surface area contributed by atoms with Crippen LogP contribution in [0.2, 0.25) is 0 Å². The Morgan fingerprint density at radius 2 is 1.81 bits per heavy atom. The van der Waals surface area contributed by atoms with E-state index >= 15 is 0 Å². The van der Waals surface area contributed by atoms with Crippen molar-refractivity contribution in [2.75, 3.05) is 32.7 Å². The van der Waals surface area contributed by atoms with Crippen LogP contribution in [-0.4, -0.2) is 60.4 Å². The van der Waals surface area contributed by atoms with E-state index in [1.165, 1.54) is 12.8 Å². The van der Waals surface area contributed by atoms with Crippen molar-refractivity contribution in [1.82, 2.24) is 15.1 Å². The lowest BCUT2D eigenvalue weighted by molar-refractivity contribution is -0.123. The van der Waals surface area contributed by atoms with Crippen LogP contribution >= 0.6 is 0 Å². The molecule has 1 aliphatic heterocycles. The van der Waals surface area contributed by atoms with E-state index in [1.807, 2.05) is 29.2 Å². The normalized spacial score (nSPS) is 23.9. The molecular weight excluding hydrogens is 340 g/mol. The monoisotopic (exact) mass is 372 g/mol. The summed E-state index contributed by atoms with van der Waals surface area (Å²) in [4.78, 5) is 29.0. The summed E-state index contributed by atoms with van der Waals surface area (Å²) in [5.41, 5.74) is 7.33. The molecule has 1 heterocycles. The van der Waals surface area contributed by atoms with Gasteiger partial charge in [-0.2, -0.15) is 0 Å². The molecule has 3 N–H and O–H groups in total. The number of nitrogens with zero attached hydrogens (tertiary/aromatic N) is 2. The third-order valence-corrected chi connectivity index (χ3v) is 5.76. The Labute approximate surface area is 162 Å². The number of carbonyl (C=O) groups is 2. The molecule has 2 atom stereocenters. The zero-order chi connectivity index (χ0) is 19.2. The number of nitrogens with one attached hydrogen (secondary N) is 1. The van der Waals surface area contributed by atoms with Gasteiger partial charge in [0.2, 0.25) is 5.91 Å². The van der Waals surface area contributed by atoms with Gasteiger partial charge in [-0.05, 0) is 36.5 Å². The van der Waals surface area contributed by atoms with E-state index in [2.05, 4.69) is 17.1 Å². The summed E-state index contributed by atoms with van der Waals surface area (Å²) < 4.78 is 0. The van der Waals surface area contributed by atoms with Gasteiger partial charge >= 0.3 is 0 Å². The fraction of sp³-hybridized carbons (Fsp3) is 0.619. The highest BCUT2D eigenvalue weighted by Gasteiger charge is 2.25. The molecule has 27 heavy (non-hydrogen) atoms. The minimum absolute atomic E-state index is 0.0545. The van der Waals surface area contributed by atoms with Crippen LogP contribution in [0.1, 0.15) is 48.5 Å². The first-order valence-electron chi connectivity index (χ1n) is 10.1. The van der Waals surface area contributed by atoms with Gasteiger partial charge < -0.3 is 16.0 Å². The van der Waals surface area contributed by atoms with Crippen LogP contribution in [0.3, 0.4) is 0 Å². The van der Waals surface area contributed by atoms with Crippen molar-refractivity contribution >= 4 is 11.8 Å². The van der Waals surface area contributed by atoms with Gasteiger partial charge in [-0.25, -0.2) is 0 Å². The molecule has 2 aliphatic rings. The number of rotatable bonds is 5. The summed E-state index contributed by atoms with van der Waals surface area (Å²) in [5, 5.41) is 3.20. The molecule has 0 radical (unpaired) electrons. The molecule has 1 aromatic rings. The maximum Gasteiger partial charge on any atom is 0.253 e. The molecule has 6 heteroatoms. The van der Waals surface area contributed by atoms with E-state index in [0.717, 1.165) is 31.5 Å². The lowest BCUT2D eigenvalue weighted by atomic mass is 9.87. The highest BCUT2D eigenvalue weighted by Crippen LogP contribution is 2.23. The van der Waals surface area contributed by atoms with Crippen LogP contribution in [0.15, 0.2) is 24.3 Å². The molecular formula is C21H32N4O2.